The molecule has 5 rings (SSSR count). The van der Waals surface area contributed by atoms with Gasteiger partial charge in [-0.15, -0.1) is 0 Å². The molecule has 0 fully saturated rings. The van der Waals surface area contributed by atoms with Crippen molar-refractivity contribution < 1.29 is 25.9 Å². The third-order valence-electron chi connectivity index (χ3n) is 6.47. The summed E-state index contributed by atoms with van der Waals surface area (Å²) in [5.74, 6) is 0. The summed E-state index contributed by atoms with van der Waals surface area (Å²) in [4.78, 5) is 4.39. The molecule has 7 nitrogen and oxygen atoms in total. The minimum absolute atomic E-state index is 0.123. The number of allylic oxidation sites excluding steroid dienone is 4. The molecule has 0 spiro atoms. The van der Waals surface area contributed by atoms with Gasteiger partial charge in [-0.2, -0.15) is 16.8 Å². The van der Waals surface area contributed by atoms with Crippen molar-refractivity contribution in [3.8, 4) is 22.3 Å². The minimum atomic E-state index is -4.22. The second-order valence-electron chi connectivity index (χ2n) is 8.89. The van der Waals surface area contributed by atoms with Crippen LogP contribution in [0.25, 0.3) is 33.4 Å². The van der Waals surface area contributed by atoms with Gasteiger partial charge >= 0.3 is 0 Å². The molecule has 192 valence electrons. The molecule has 0 atom stereocenters. The van der Waals surface area contributed by atoms with Gasteiger partial charge in [-0.1, -0.05) is 66.7 Å². The van der Waals surface area contributed by atoms with E-state index in [1.807, 2.05) is 54.7 Å². The summed E-state index contributed by atoms with van der Waals surface area (Å²) >= 11 is 0. The maximum atomic E-state index is 11.2. The fraction of sp³-hybridized carbons (Fsp3) is 0.0690. The molecule has 1 aliphatic rings. The first kappa shape index (κ1) is 25.7. The lowest BCUT2D eigenvalue weighted by Gasteiger charge is -2.15. The molecular weight excluding hydrogens is 522 g/mol. The van der Waals surface area contributed by atoms with E-state index in [9.17, 15) is 16.8 Å². The summed E-state index contributed by atoms with van der Waals surface area (Å²) in [5, 5.41) is 0. The molecule has 38 heavy (non-hydrogen) atoms. The van der Waals surface area contributed by atoms with E-state index in [4.69, 9.17) is 9.11 Å². The van der Waals surface area contributed by atoms with E-state index >= 15 is 0 Å². The molecule has 0 saturated heterocycles. The highest BCUT2D eigenvalue weighted by molar-refractivity contribution is 7.86. The van der Waals surface area contributed by atoms with Crippen molar-refractivity contribution in [2.24, 2.45) is 0 Å². The van der Waals surface area contributed by atoms with E-state index in [0.29, 0.717) is 0 Å². The van der Waals surface area contributed by atoms with Gasteiger partial charge in [0.05, 0.1) is 15.5 Å². The van der Waals surface area contributed by atoms with Crippen molar-refractivity contribution >= 4 is 31.4 Å². The molecule has 9 heteroatoms. The van der Waals surface area contributed by atoms with E-state index < -0.39 is 20.2 Å². The summed E-state index contributed by atoms with van der Waals surface area (Å²) < 4.78 is 63.3. The van der Waals surface area contributed by atoms with Crippen molar-refractivity contribution in [1.29, 1.82) is 0 Å². The van der Waals surface area contributed by atoms with Crippen LogP contribution < -0.4 is 0 Å². The van der Waals surface area contributed by atoms with Crippen LogP contribution in [0.4, 0.5) is 0 Å². The van der Waals surface area contributed by atoms with Gasteiger partial charge in [0.1, 0.15) is 0 Å². The maximum Gasteiger partial charge on any atom is 0.294 e. The summed E-state index contributed by atoms with van der Waals surface area (Å²) in [6.07, 6.45) is 7.45. The molecule has 0 amide bonds. The Labute approximate surface area is 221 Å². The molecule has 0 aliphatic heterocycles. The van der Waals surface area contributed by atoms with Crippen LogP contribution in [0.1, 0.15) is 24.1 Å². The SMILES string of the molecule is O=S(=O)(O)c1ccc(C2=CC=C(c3ccc(-c4ccc(-c5ccc(S(=O)(=O)O)cc5)cc4)cn3)CC2)cc1. The quantitative estimate of drug-likeness (QED) is 0.278. The van der Waals surface area contributed by atoms with Crippen LogP contribution in [0.15, 0.2) is 113 Å². The zero-order valence-corrected chi connectivity index (χ0v) is 21.7. The molecule has 3 aromatic carbocycles. The van der Waals surface area contributed by atoms with Crippen LogP contribution in [0.5, 0.6) is 0 Å². The number of aromatic nitrogens is 1. The normalized spacial score (nSPS) is 14.1. The first-order chi connectivity index (χ1) is 18.1. The Bertz CT molecular complexity index is 1750. The molecule has 1 aliphatic carbocycles. The van der Waals surface area contributed by atoms with Gasteiger partial charge in [0.2, 0.25) is 0 Å². The Balaban J connectivity index is 1.29. The van der Waals surface area contributed by atoms with Gasteiger partial charge in [0.15, 0.2) is 0 Å². The predicted octanol–water partition coefficient (Wildman–Crippen LogP) is 6.17. The Morgan fingerprint density at radius 1 is 0.500 bits per heavy atom. The number of pyridine rings is 1. The largest absolute Gasteiger partial charge is 0.294 e. The lowest BCUT2D eigenvalue weighted by Crippen LogP contribution is -1.99. The number of nitrogens with zero attached hydrogens (tertiary/aromatic N) is 1. The van der Waals surface area contributed by atoms with Crippen molar-refractivity contribution in [3.05, 3.63) is 115 Å². The smallest absolute Gasteiger partial charge is 0.282 e. The third-order valence-corrected chi connectivity index (χ3v) is 8.20. The van der Waals surface area contributed by atoms with E-state index in [0.717, 1.165) is 57.5 Å². The van der Waals surface area contributed by atoms with Crippen molar-refractivity contribution in [1.82, 2.24) is 4.98 Å². The Kier molecular flexibility index (Phi) is 6.85. The molecule has 0 unspecified atom stereocenters. The highest BCUT2D eigenvalue weighted by atomic mass is 32.2. The average Bonchev–Trinajstić information content (AvgIpc) is 2.93. The van der Waals surface area contributed by atoms with E-state index in [-0.39, 0.29) is 9.79 Å². The first-order valence-electron chi connectivity index (χ1n) is 11.7. The van der Waals surface area contributed by atoms with Gasteiger partial charge in [-0.05, 0) is 76.6 Å². The minimum Gasteiger partial charge on any atom is -0.282 e. The van der Waals surface area contributed by atoms with Gasteiger partial charge < -0.3 is 0 Å². The molecule has 2 N–H and O–H groups in total. The van der Waals surface area contributed by atoms with Crippen LogP contribution in [-0.4, -0.2) is 30.9 Å². The highest BCUT2D eigenvalue weighted by Gasteiger charge is 2.14. The zero-order chi connectivity index (χ0) is 26.9. The Hall–Kier alpha value is -3.89. The Morgan fingerprint density at radius 3 is 1.32 bits per heavy atom. The van der Waals surface area contributed by atoms with Gasteiger partial charge in [-0.25, -0.2) is 0 Å². The molecular formula is C29H23NO6S2. The van der Waals surface area contributed by atoms with Crippen molar-refractivity contribution in [2.45, 2.75) is 22.6 Å². The standard InChI is InChI=1S/C29H23NO6S2/c31-37(32,33)27-14-9-22(10-15-27)20-1-3-24(4-2-20)26-13-18-29(30-19-26)25-7-5-21(6-8-25)23-11-16-28(17-12-23)38(34,35)36/h1-5,7,9-19H,6,8H2,(H,31,32,33)(H,34,35,36). The van der Waals surface area contributed by atoms with Crippen LogP contribution in [0.2, 0.25) is 0 Å². The molecule has 0 saturated carbocycles. The summed E-state index contributed by atoms with van der Waals surface area (Å²) in [5.41, 5.74) is 7.71. The Morgan fingerprint density at radius 2 is 0.895 bits per heavy atom. The fourth-order valence-corrected chi connectivity index (χ4v) is 5.32. The van der Waals surface area contributed by atoms with Crippen molar-refractivity contribution in [2.75, 3.05) is 0 Å². The zero-order valence-electron chi connectivity index (χ0n) is 20.0. The molecule has 0 radical (unpaired) electrons. The monoisotopic (exact) mass is 545 g/mol. The summed E-state index contributed by atoms with van der Waals surface area (Å²) in [7, 11) is -8.42. The second-order valence-corrected chi connectivity index (χ2v) is 11.7. The maximum absolute atomic E-state index is 11.2. The predicted molar refractivity (Wildman–Crippen MR) is 146 cm³/mol. The number of hydrogen-bond acceptors (Lipinski definition) is 5. The van der Waals surface area contributed by atoms with Crippen LogP contribution in [0, 0.1) is 0 Å². The molecule has 1 aromatic heterocycles. The van der Waals surface area contributed by atoms with Gasteiger partial charge in [0.25, 0.3) is 20.2 Å². The summed E-state index contributed by atoms with van der Waals surface area (Å²) in [6.45, 7) is 0. The highest BCUT2D eigenvalue weighted by Crippen LogP contribution is 2.32. The second kappa shape index (κ2) is 10.1. The summed E-state index contributed by atoms with van der Waals surface area (Å²) in [6, 6.07) is 24.1. The van der Waals surface area contributed by atoms with E-state index in [2.05, 4.69) is 4.98 Å². The first-order valence-corrected chi connectivity index (χ1v) is 14.6. The van der Waals surface area contributed by atoms with E-state index in [1.165, 1.54) is 24.3 Å². The lowest BCUT2D eigenvalue weighted by molar-refractivity contribution is 0.481. The topological polar surface area (TPSA) is 122 Å². The lowest BCUT2D eigenvalue weighted by atomic mass is 9.91. The average molecular weight is 546 g/mol. The van der Waals surface area contributed by atoms with Gasteiger partial charge in [0, 0.05) is 11.8 Å². The molecule has 4 aromatic rings. The van der Waals surface area contributed by atoms with E-state index in [1.54, 1.807) is 24.3 Å². The number of rotatable bonds is 6. The fourth-order valence-electron chi connectivity index (χ4n) is 4.36. The van der Waals surface area contributed by atoms with Crippen LogP contribution in [0.3, 0.4) is 0 Å². The molecule has 0 bridgehead atoms. The number of benzene rings is 3. The van der Waals surface area contributed by atoms with Gasteiger partial charge in [-0.3, -0.25) is 14.1 Å². The van der Waals surface area contributed by atoms with Crippen LogP contribution in [-0.2, 0) is 20.2 Å². The van der Waals surface area contributed by atoms with Crippen molar-refractivity contribution in [3.63, 3.8) is 0 Å². The third kappa shape index (κ3) is 5.66. The molecule has 1 heterocycles. The number of hydrogen-bond donors (Lipinski definition) is 2. The van der Waals surface area contributed by atoms with Crippen LogP contribution >= 0.6 is 0 Å².